The standard InChI is InChI=1S/C17H38N2/c1-9-19(10-2)15-17(5,6)12-11-16(3,4)13-14-18(7)8/h9-15H2,1-8H3. The van der Waals surface area contributed by atoms with Crippen LogP contribution in [0.2, 0.25) is 0 Å². The van der Waals surface area contributed by atoms with Crippen LogP contribution in [0.1, 0.15) is 60.8 Å². The van der Waals surface area contributed by atoms with Crippen LogP contribution < -0.4 is 0 Å². The Hall–Kier alpha value is -0.0800. The third kappa shape index (κ3) is 9.45. The van der Waals surface area contributed by atoms with Crippen molar-refractivity contribution in [1.29, 1.82) is 0 Å². The Labute approximate surface area is 122 Å². The molecule has 2 nitrogen and oxygen atoms in total. The quantitative estimate of drug-likeness (QED) is 0.589. The third-order valence-corrected chi connectivity index (χ3v) is 4.26. The van der Waals surface area contributed by atoms with E-state index in [9.17, 15) is 0 Å². The van der Waals surface area contributed by atoms with Gasteiger partial charge in [-0.1, -0.05) is 41.5 Å². The molecule has 0 heterocycles. The van der Waals surface area contributed by atoms with Crippen LogP contribution in [0.25, 0.3) is 0 Å². The summed E-state index contributed by atoms with van der Waals surface area (Å²) in [5.41, 5.74) is 0.895. The van der Waals surface area contributed by atoms with Gasteiger partial charge in [0.25, 0.3) is 0 Å². The molecule has 116 valence electrons. The summed E-state index contributed by atoms with van der Waals surface area (Å²) in [6.45, 7) is 19.0. The third-order valence-electron chi connectivity index (χ3n) is 4.26. The zero-order valence-electron chi connectivity index (χ0n) is 14.8. The van der Waals surface area contributed by atoms with Crippen molar-refractivity contribution in [3.05, 3.63) is 0 Å². The molecular formula is C17H38N2. The minimum atomic E-state index is 0.432. The fourth-order valence-corrected chi connectivity index (χ4v) is 2.46. The van der Waals surface area contributed by atoms with Crippen LogP contribution in [0.15, 0.2) is 0 Å². The van der Waals surface area contributed by atoms with Crippen LogP contribution in [-0.2, 0) is 0 Å². The van der Waals surface area contributed by atoms with Gasteiger partial charge in [0.15, 0.2) is 0 Å². The minimum Gasteiger partial charge on any atom is -0.309 e. The average molecular weight is 271 g/mol. The number of nitrogens with zero attached hydrogens (tertiary/aromatic N) is 2. The van der Waals surface area contributed by atoms with Gasteiger partial charge in [0.05, 0.1) is 0 Å². The van der Waals surface area contributed by atoms with E-state index < -0.39 is 0 Å². The van der Waals surface area contributed by atoms with E-state index in [4.69, 9.17) is 0 Å². The van der Waals surface area contributed by atoms with E-state index in [2.05, 4.69) is 65.4 Å². The van der Waals surface area contributed by atoms with Crippen molar-refractivity contribution in [2.75, 3.05) is 40.3 Å². The van der Waals surface area contributed by atoms with Gasteiger partial charge in [-0.2, -0.15) is 0 Å². The fraction of sp³-hybridized carbons (Fsp3) is 1.00. The summed E-state index contributed by atoms with van der Waals surface area (Å²) in [7, 11) is 4.33. The molecule has 0 radical (unpaired) electrons. The molecule has 0 bridgehead atoms. The Bertz CT molecular complexity index is 227. The molecule has 0 rings (SSSR count). The second kappa shape index (κ2) is 8.26. The molecule has 0 aromatic rings. The Balaban J connectivity index is 4.20. The van der Waals surface area contributed by atoms with Crippen LogP contribution >= 0.6 is 0 Å². The molecule has 19 heavy (non-hydrogen) atoms. The lowest BCUT2D eigenvalue weighted by Gasteiger charge is -2.35. The summed E-state index contributed by atoms with van der Waals surface area (Å²) in [5.74, 6) is 0. The maximum absolute atomic E-state index is 2.55. The van der Waals surface area contributed by atoms with Gasteiger partial charge < -0.3 is 9.80 Å². The van der Waals surface area contributed by atoms with Gasteiger partial charge >= 0.3 is 0 Å². The van der Waals surface area contributed by atoms with Crippen molar-refractivity contribution in [2.24, 2.45) is 10.8 Å². The SMILES string of the molecule is CCN(CC)CC(C)(C)CCC(C)(C)CCN(C)C. The molecule has 0 spiro atoms. The molecule has 0 N–H and O–H groups in total. The van der Waals surface area contributed by atoms with Crippen molar-refractivity contribution in [1.82, 2.24) is 9.80 Å². The predicted octanol–water partition coefficient (Wildman–Crippen LogP) is 4.11. The fourth-order valence-electron chi connectivity index (χ4n) is 2.46. The summed E-state index contributed by atoms with van der Waals surface area (Å²) in [4.78, 5) is 4.84. The minimum absolute atomic E-state index is 0.432. The zero-order valence-corrected chi connectivity index (χ0v) is 14.8. The summed E-state index contributed by atoms with van der Waals surface area (Å²) in [6.07, 6.45) is 3.94. The highest BCUT2D eigenvalue weighted by atomic mass is 15.1. The summed E-state index contributed by atoms with van der Waals surface area (Å²) < 4.78 is 0. The van der Waals surface area contributed by atoms with Crippen molar-refractivity contribution in [3.8, 4) is 0 Å². The Morgan fingerprint density at radius 3 is 1.63 bits per heavy atom. The van der Waals surface area contributed by atoms with Gasteiger partial charge in [0.1, 0.15) is 0 Å². The predicted molar refractivity (Wildman–Crippen MR) is 87.8 cm³/mol. The van der Waals surface area contributed by atoms with E-state index in [0.29, 0.717) is 10.8 Å². The summed E-state index contributed by atoms with van der Waals surface area (Å²) in [6, 6.07) is 0. The molecule has 0 aliphatic heterocycles. The molecule has 0 amide bonds. The van der Waals surface area contributed by atoms with E-state index in [0.717, 1.165) is 0 Å². The summed E-state index contributed by atoms with van der Waals surface area (Å²) >= 11 is 0. The highest BCUT2D eigenvalue weighted by Crippen LogP contribution is 2.33. The molecule has 0 aromatic heterocycles. The van der Waals surface area contributed by atoms with Gasteiger partial charge in [0, 0.05) is 6.54 Å². The number of hydrogen-bond donors (Lipinski definition) is 0. The molecule has 0 atom stereocenters. The molecule has 0 saturated carbocycles. The first-order chi connectivity index (χ1) is 8.62. The van der Waals surface area contributed by atoms with Gasteiger partial charge in [0.2, 0.25) is 0 Å². The maximum atomic E-state index is 2.55. The van der Waals surface area contributed by atoms with E-state index in [1.807, 2.05) is 0 Å². The lowest BCUT2D eigenvalue weighted by atomic mass is 9.77. The van der Waals surface area contributed by atoms with Crippen LogP contribution in [-0.4, -0.2) is 50.1 Å². The molecule has 0 fully saturated rings. The molecular weight excluding hydrogens is 232 g/mol. The first kappa shape index (κ1) is 18.9. The van der Waals surface area contributed by atoms with E-state index in [1.165, 1.54) is 45.4 Å². The molecule has 0 aliphatic carbocycles. The lowest BCUT2D eigenvalue weighted by Crippen LogP contribution is -2.35. The summed E-state index contributed by atoms with van der Waals surface area (Å²) in [5, 5.41) is 0. The molecule has 0 aliphatic rings. The molecule has 0 saturated heterocycles. The van der Waals surface area contributed by atoms with Crippen LogP contribution in [0.3, 0.4) is 0 Å². The van der Waals surface area contributed by atoms with Crippen molar-refractivity contribution in [3.63, 3.8) is 0 Å². The van der Waals surface area contributed by atoms with Crippen molar-refractivity contribution in [2.45, 2.75) is 60.8 Å². The van der Waals surface area contributed by atoms with Crippen LogP contribution in [0.4, 0.5) is 0 Å². The topological polar surface area (TPSA) is 6.48 Å². The second-order valence-electron chi connectivity index (χ2n) is 7.84. The highest BCUT2D eigenvalue weighted by Gasteiger charge is 2.25. The zero-order chi connectivity index (χ0) is 15.1. The maximum Gasteiger partial charge on any atom is 0.00325 e. The van der Waals surface area contributed by atoms with Crippen LogP contribution in [0, 0.1) is 10.8 Å². The van der Waals surface area contributed by atoms with Gasteiger partial charge in [-0.05, 0) is 63.8 Å². The van der Waals surface area contributed by atoms with Crippen LogP contribution in [0.5, 0.6) is 0 Å². The number of hydrogen-bond acceptors (Lipinski definition) is 2. The lowest BCUT2D eigenvalue weighted by molar-refractivity contribution is 0.151. The van der Waals surface area contributed by atoms with E-state index in [-0.39, 0.29) is 0 Å². The van der Waals surface area contributed by atoms with Crippen molar-refractivity contribution >= 4 is 0 Å². The molecule has 2 heteroatoms. The Morgan fingerprint density at radius 1 is 0.737 bits per heavy atom. The van der Waals surface area contributed by atoms with Gasteiger partial charge in [-0.15, -0.1) is 0 Å². The van der Waals surface area contributed by atoms with Gasteiger partial charge in [-0.3, -0.25) is 0 Å². The Morgan fingerprint density at radius 2 is 1.21 bits per heavy atom. The largest absolute Gasteiger partial charge is 0.309 e. The number of rotatable bonds is 10. The highest BCUT2D eigenvalue weighted by molar-refractivity contribution is 4.78. The molecule has 0 aromatic carbocycles. The molecule has 0 unspecified atom stereocenters. The second-order valence-corrected chi connectivity index (χ2v) is 7.84. The average Bonchev–Trinajstić information content (AvgIpc) is 2.32. The first-order valence-corrected chi connectivity index (χ1v) is 7.99. The van der Waals surface area contributed by atoms with Crippen molar-refractivity contribution < 1.29 is 0 Å². The van der Waals surface area contributed by atoms with E-state index >= 15 is 0 Å². The van der Waals surface area contributed by atoms with Gasteiger partial charge in [-0.25, -0.2) is 0 Å². The monoisotopic (exact) mass is 270 g/mol. The normalized spacial score (nSPS) is 13.6. The van der Waals surface area contributed by atoms with E-state index in [1.54, 1.807) is 0 Å². The smallest absolute Gasteiger partial charge is 0.00325 e. The Kier molecular flexibility index (Phi) is 8.23. The first-order valence-electron chi connectivity index (χ1n) is 7.99.